The molecule has 0 bridgehead atoms. The van der Waals surface area contributed by atoms with E-state index < -0.39 is 20.0 Å². The minimum absolute atomic E-state index is 0.0395. The van der Waals surface area contributed by atoms with Crippen LogP contribution in [0.5, 0.6) is 0 Å². The average Bonchev–Trinajstić information content (AvgIpc) is 3.86. The lowest BCUT2D eigenvalue weighted by atomic mass is 10.1. The van der Waals surface area contributed by atoms with E-state index in [1.54, 1.807) is 42.8 Å². The van der Waals surface area contributed by atoms with E-state index in [4.69, 9.17) is 14.2 Å². The molecular weight excluding hydrogens is 848 g/mol. The number of nitrogens with two attached hydrogens (primary N) is 1. The third-order valence-corrected chi connectivity index (χ3v) is 13.4. The van der Waals surface area contributed by atoms with Gasteiger partial charge in [-0.25, -0.2) is 26.7 Å². The highest BCUT2D eigenvalue weighted by molar-refractivity contribution is 9.11. The van der Waals surface area contributed by atoms with Crippen molar-refractivity contribution >= 4 is 105 Å². The monoisotopic (exact) mass is 876 g/mol. The number of hydrogen-bond acceptors (Lipinski definition) is 10. The van der Waals surface area contributed by atoms with Crippen molar-refractivity contribution in [2.45, 2.75) is 37.5 Å². The first-order valence-corrected chi connectivity index (χ1v) is 21.0. The lowest BCUT2D eigenvalue weighted by Gasteiger charge is -2.04. The Hall–Kier alpha value is -3.64. The van der Waals surface area contributed by atoms with Gasteiger partial charge < -0.3 is 9.05 Å². The van der Waals surface area contributed by atoms with Gasteiger partial charge in [0.1, 0.15) is 14.3 Å². The standard InChI is InChI=1S/2C17H15BrN2O3S2/c1-11-3-5-13(6-4-11)7-8-14-15(9-10-24-14)25(21,22)20-17-16(18)12(2)19-23-17;1-10-3-5-12(6-4-10)7-8-14-17(25(19,21)22)13(9-24-14)16-15(18)11(2)20-23-16/h3-10,20H,1-2H3;3-9H,1-2H3,(H2,19,21,22). The molecule has 0 aliphatic rings. The maximum absolute atomic E-state index is 12.7. The van der Waals surface area contributed by atoms with Gasteiger partial charge in [0.15, 0.2) is 5.76 Å². The number of primary sulfonamides is 1. The van der Waals surface area contributed by atoms with E-state index >= 15 is 0 Å². The molecule has 4 aromatic heterocycles. The van der Waals surface area contributed by atoms with Crippen molar-refractivity contribution in [2.75, 3.05) is 4.72 Å². The number of sulfonamides is 2. The van der Waals surface area contributed by atoms with E-state index in [0.717, 1.165) is 16.7 Å². The fraction of sp³-hybridized carbons (Fsp3) is 0.118. The van der Waals surface area contributed by atoms with Crippen LogP contribution in [0.1, 0.15) is 43.4 Å². The SMILES string of the molecule is Cc1ccc(C=Cc2scc(-c3onc(C)c3Br)c2S(N)(=O)=O)cc1.Cc1ccc(C=Cc2sccc2S(=O)(=O)Nc2onc(C)c2Br)cc1. The van der Waals surface area contributed by atoms with Crippen molar-refractivity contribution < 1.29 is 25.9 Å². The summed E-state index contributed by atoms with van der Waals surface area (Å²) < 4.78 is 63.4. The molecule has 0 atom stereocenters. The summed E-state index contributed by atoms with van der Waals surface area (Å²) in [6.07, 6.45) is 7.28. The predicted molar refractivity (Wildman–Crippen MR) is 208 cm³/mol. The number of nitrogens with one attached hydrogen (secondary N) is 1. The van der Waals surface area contributed by atoms with Gasteiger partial charge in [-0.3, -0.25) is 0 Å². The Balaban J connectivity index is 0.000000194. The van der Waals surface area contributed by atoms with Crippen molar-refractivity contribution in [1.29, 1.82) is 0 Å². The molecule has 0 saturated heterocycles. The number of thiophene rings is 2. The van der Waals surface area contributed by atoms with Crippen LogP contribution in [0.2, 0.25) is 0 Å². The van der Waals surface area contributed by atoms with Gasteiger partial charge in [-0.1, -0.05) is 82.1 Å². The molecule has 10 nitrogen and oxygen atoms in total. The highest BCUT2D eigenvalue weighted by Gasteiger charge is 2.26. The fourth-order valence-electron chi connectivity index (χ4n) is 4.40. The van der Waals surface area contributed by atoms with Crippen LogP contribution in [0.15, 0.2) is 93.1 Å². The highest BCUT2D eigenvalue weighted by Crippen LogP contribution is 2.40. The Morgan fingerprint density at radius 1 is 0.720 bits per heavy atom. The minimum atomic E-state index is -3.94. The van der Waals surface area contributed by atoms with Crippen LogP contribution < -0.4 is 9.86 Å². The van der Waals surface area contributed by atoms with Crippen molar-refractivity contribution in [3.8, 4) is 11.3 Å². The molecule has 2 aromatic carbocycles. The lowest BCUT2D eigenvalue weighted by Crippen LogP contribution is -2.13. The summed E-state index contributed by atoms with van der Waals surface area (Å²) in [7, 11) is -7.71. The maximum Gasteiger partial charge on any atom is 0.265 e. The Labute approximate surface area is 315 Å². The molecular formula is C34H30Br2N4O6S4. The topological polar surface area (TPSA) is 158 Å². The third-order valence-electron chi connectivity index (χ3n) is 7.07. The largest absolute Gasteiger partial charge is 0.355 e. The van der Waals surface area contributed by atoms with Crippen molar-refractivity contribution in [3.63, 3.8) is 0 Å². The molecule has 6 rings (SSSR count). The number of rotatable bonds is 9. The second-order valence-corrected chi connectivity index (χ2v) is 17.5. The van der Waals surface area contributed by atoms with E-state index in [9.17, 15) is 16.8 Å². The zero-order chi connectivity index (χ0) is 36.2. The molecule has 0 radical (unpaired) electrons. The zero-order valence-corrected chi connectivity index (χ0v) is 33.4. The van der Waals surface area contributed by atoms with Gasteiger partial charge in [0, 0.05) is 15.1 Å². The van der Waals surface area contributed by atoms with Crippen molar-refractivity contribution in [2.24, 2.45) is 5.14 Å². The summed E-state index contributed by atoms with van der Waals surface area (Å²) in [6, 6.07) is 17.5. The Bertz CT molecular complexity index is 2410. The summed E-state index contributed by atoms with van der Waals surface area (Å²) in [5.41, 5.74) is 5.92. The molecule has 0 amide bonds. The van der Waals surface area contributed by atoms with E-state index in [1.807, 2.05) is 74.5 Å². The van der Waals surface area contributed by atoms with Gasteiger partial charge >= 0.3 is 0 Å². The first-order valence-electron chi connectivity index (χ1n) is 14.6. The Morgan fingerprint density at radius 2 is 1.26 bits per heavy atom. The van der Waals surface area contributed by atoms with Crippen molar-refractivity contribution in [1.82, 2.24) is 10.3 Å². The summed E-state index contributed by atoms with van der Waals surface area (Å²) in [5, 5.41) is 16.5. The predicted octanol–water partition coefficient (Wildman–Crippen LogP) is 9.69. The van der Waals surface area contributed by atoms with Crippen LogP contribution in [0.4, 0.5) is 5.88 Å². The van der Waals surface area contributed by atoms with Crippen LogP contribution in [0, 0.1) is 27.7 Å². The molecule has 16 heteroatoms. The summed E-state index contributed by atoms with van der Waals surface area (Å²) in [5.74, 6) is 0.421. The van der Waals surface area contributed by atoms with E-state index in [0.29, 0.717) is 41.4 Å². The smallest absolute Gasteiger partial charge is 0.265 e. The van der Waals surface area contributed by atoms with Crippen molar-refractivity contribution in [3.05, 3.63) is 118 Å². The zero-order valence-electron chi connectivity index (χ0n) is 27.0. The van der Waals surface area contributed by atoms with Crippen LogP contribution >= 0.6 is 54.5 Å². The van der Waals surface area contributed by atoms with E-state index in [2.05, 4.69) is 46.9 Å². The van der Waals surface area contributed by atoms with E-state index in [-0.39, 0.29) is 15.7 Å². The summed E-state index contributed by atoms with van der Waals surface area (Å²) in [6.45, 7) is 7.51. The minimum Gasteiger partial charge on any atom is -0.355 e. The molecule has 0 saturated carbocycles. The second-order valence-electron chi connectivity index (χ2n) is 11.0. The second kappa shape index (κ2) is 15.7. The number of hydrogen-bond donors (Lipinski definition) is 2. The van der Waals surface area contributed by atoms with Crippen LogP contribution in [0.3, 0.4) is 0 Å². The van der Waals surface area contributed by atoms with Gasteiger partial charge in [-0.05, 0) is 94.3 Å². The molecule has 50 heavy (non-hydrogen) atoms. The maximum atomic E-state index is 12.7. The molecule has 0 aliphatic heterocycles. The van der Waals surface area contributed by atoms with Crippen LogP contribution in [-0.2, 0) is 20.0 Å². The number of nitrogens with zero attached hydrogens (tertiary/aromatic N) is 2. The molecule has 6 aromatic rings. The average molecular weight is 879 g/mol. The van der Waals surface area contributed by atoms with Gasteiger partial charge in [0.05, 0.1) is 21.4 Å². The molecule has 4 heterocycles. The van der Waals surface area contributed by atoms with E-state index in [1.165, 1.54) is 28.2 Å². The normalized spacial score (nSPS) is 12.1. The quantitative estimate of drug-likeness (QED) is 0.145. The first kappa shape index (κ1) is 37.6. The number of anilines is 1. The number of aryl methyl sites for hydroxylation is 4. The third kappa shape index (κ3) is 8.98. The van der Waals surface area contributed by atoms with Crippen LogP contribution in [0.25, 0.3) is 35.6 Å². The van der Waals surface area contributed by atoms with Crippen LogP contribution in [-0.4, -0.2) is 27.1 Å². The molecule has 3 N–H and O–H groups in total. The van der Waals surface area contributed by atoms with Gasteiger partial charge in [-0.2, -0.15) is 0 Å². The first-order chi connectivity index (χ1) is 23.6. The summed E-state index contributed by atoms with van der Waals surface area (Å²) in [4.78, 5) is 1.42. The highest BCUT2D eigenvalue weighted by atomic mass is 79.9. The molecule has 0 unspecified atom stereocenters. The molecule has 0 aliphatic carbocycles. The number of benzene rings is 2. The van der Waals surface area contributed by atoms with Gasteiger partial charge in [0.2, 0.25) is 10.0 Å². The number of aromatic nitrogens is 2. The van der Waals surface area contributed by atoms with Gasteiger partial charge in [0.25, 0.3) is 15.9 Å². The number of halogens is 2. The summed E-state index contributed by atoms with van der Waals surface area (Å²) >= 11 is 9.27. The lowest BCUT2D eigenvalue weighted by molar-refractivity contribution is 0.426. The van der Waals surface area contributed by atoms with Gasteiger partial charge in [-0.15, -0.1) is 22.7 Å². The Kier molecular flexibility index (Phi) is 11.8. The Morgan fingerprint density at radius 3 is 1.76 bits per heavy atom. The molecule has 260 valence electrons. The molecule has 0 spiro atoms. The fourth-order valence-corrected chi connectivity index (χ4v) is 9.66. The molecule has 0 fully saturated rings.